The van der Waals surface area contributed by atoms with Crippen LogP contribution in [-0.2, 0) is 4.79 Å². The zero-order valence-electron chi connectivity index (χ0n) is 15.0. The molecule has 0 spiro atoms. The molecule has 1 atom stereocenters. The summed E-state index contributed by atoms with van der Waals surface area (Å²) in [5, 5.41) is 2.80. The van der Waals surface area contributed by atoms with Gasteiger partial charge in [0.15, 0.2) is 0 Å². The van der Waals surface area contributed by atoms with Gasteiger partial charge in [0, 0.05) is 18.9 Å². The van der Waals surface area contributed by atoms with Crippen molar-refractivity contribution < 1.29 is 4.79 Å². The van der Waals surface area contributed by atoms with Crippen LogP contribution < -0.4 is 5.32 Å². The van der Waals surface area contributed by atoms with Crippen molar-refractivity contribution in [2.24, 2.45) is 0 Å². The van der Waals surface area contributed by atoms with Crippen LogP contribution in [0.15, 0.2) is 67.0 Å². The monoisotopic (exact) mass is 359 g/mol. The molecule has 3 aromatic rings. The maximum absolute atomic E-state index is 12.4. The number of nitrogens with one attached hydrogen (secondary N) is 1. The Labute approximate surface area is 158 Å². The van der Waals surface area contributed by atoms with Crippen molar-refractivity contribution in [2.75, 3.05) is 25.0 Å². The fourth-order valence-electron chi connectivity index (χ4n) is 3.42. The molecule has 1 unspecified atom stereocenters. The molecule has 1 aromatic carbocycles. The highest BCUT2D eigenvalue weighted by atomic mass is 16.2. The summed E-state index contributed by atoms with van der Waals surface area (Å²) in [5.41, 5.74) is 2.78. The van der Waals surface area contributed by atoms with Crippen molar-refractivity contribution in [1.82, 2.24) is 19.9 Å². The molecule has 6 heteroatoms. The molecule has 1 amide bonds. The lowest BCUT2D eigenvalue weighted by atomic mass is 9.99. The highest BCUT2D eigenvalue weighted by molar-refractivity contribution is 5.90. The lowest BCUT2D eigenvalue weighted by molar-refractivity contribution is -0.117. The van der Waals surface area contributed by atoms with E-state index in [0.29, 0.717) is 24.1 Å². The van der Waals surface area contributed by atoms with E-state index in [1.807, 2.05) is 24.3 Å². The summed E-state index contributed by atoms with van der Waals surface area (Å²) in [7, 11) is 0. The Morgan fingerprint density at radius 2 is 1.85 bits per heavy atom. The Kier molecular flexibility index (Phi) is 5.16. The van der Waals surface area contributed by atoms with Crippen LogP contribution in [0.4, 0.5) is 5.95 Å². The van der Waals surface area contributed by atoms with Crippen LogP contribution >= 0.6 is 0 Å². The third-order valence-electron chi connectivity index (χ3n) is 4.74. The van der Waals surface area contributed by atoms with Gasteiger partial charge in [0.05, 0.1) is 17.9 Å². The topological polar surface area (TPSA) is 71.0 Å². The van der Waals surface area contributed by atoms with Gasteiger partial charge >= 0.3 is 0 Å². The standard InChI is InChI=1S/C21H21N5O/c27-20(15-26-13-10-17(14-26)16-6-2-1-3-7-16)25-21-23-12-9-19(24-21)18-8-4-5-11-22-18/h1-9,11-12,17H,10,13-15H2,(H,23,24,25,27). The summed E-state index contributed by atoms with van der Waals surface area (Å²) in [5.74, 6) is 0.701. The van der Waals surface area contributed by atoms with Gasteiger partial charge in [0.2, 0.25) is 11.9 Å². The van der Waals surface area contributed by atoms with E-state index in [9.17, 15) is 4.79 Å². The number of carbonyl (C=O) groups is 1. The second-order valence-electron chi connectivity index (χ2n) is 6.66. The van der Waals surface area contributed by atoms with Gasteiger partial charge in [0.25, 0.3) is 0 Å². The van der Waals surface area contributed by atoms with E-state index in [-0.39, 0.29) is 5.91 Å². The van der Waals surface area contributed by atoms with Crippen LogP contribution in [0.2, 0.25) is 0 Å². The molecule has 6 nitrogen and oxygen atoms in total. The number of hydrogen-bond acceptors (Lipinski definition) is 5. The van der Waals surface area contributed by atoms with Gasteiger partial charge in [-0.25, -0.2) is 9.97 Å². The predicted octanol–water partition coefficient (Wildman–Crippen LogP) is 2.97. The first-order valence-corrected chi connectivity index (χ1v) is 9.09. The fourth-order valence-corrected chi connectivity index (χ4v) is 3.42. The maximum atomic E-state index is 12.4. The predicted molar refractivity (Wildman–Crippen MR) is 104 cm³/mol. The summed E-state index contributed by atoms with van der Waals surface area (Å²) in [6, 6.07) is 17.9. The highest BCUT2D eigenvalue weighted by Crippen LogP contribution is 2.26. The largest absolute Gasteiger partial charge is 0.294 e. The third kappa shape index (κ3) is 4.35. The molecule has 2 aromatic heterocycles. The van der Waals surface area contributed by atoms with Gasteiger partial charge in [0.1, 0.15) is 0 Å². The summed E-state index contributed by atoms with van der Waals surface area (Å²) >= 11 is 0. The van der Waals surface area contributed by atoms with Crippen molar-refractivity contribution in [2.45, 2.75) is 12.3 Å². The second-order valence-corrected chi connectivity index (χ2v) is 6.66. The van der Waals surface area contributed by atoms with Crippen molar-refractivity contribution in [3.8, 4) is 11.4 Å². The van der Waals surface area contributed by atoms with Gasteiger partial charge < -0.3 is 0 Å². The molecule has 1 saturated heterocycles. The first-order chi connectivity index (χ1) is 13.3. The molecule has 1 aliphatic rings. The minimum absolute atomic E-state index is 0.0955. The molecule has 0 aliphatic carbocycles. The van der Waals surface area contributed by atoms with Crippen LogP contribution in [0.1, 0.15) is 17.9 Å². The lowest BCUT2D eigenvalue weighted by Crippen LogP contribution is -2.31. The molecule has 1 aliphatic heterocycles. The minimum Gasteiger partial charge on any atom is -0.294 e. The SMILES string of the molecule is O=C(CN1CCC(c2ccccc2)C1)Nc1nccc(-c2ccccn2)n1. The molecular formula is C21H21N5O. The number of rotatable bonds is 5. The fraction of sp³-hybridized carbons (Fsp3) is 0.238. The van der Waals surface area contributed by atoms with E-state index >= 15 is 0 Å². The minimum atomic E-state index is -0.0955. The van der Waals surface area contributed by atoms with E-state index in [4.69, 9.17) is 0 Å². The van der Waals surface area contributed by atoms with E-state index < -0.39 is 0 Å². The van der Waals surface area contributed by atoms with Crippen LogP contribution in [0.3, 0.4) is 0 Å². The Hall–Kier alpha value is -3.12. The zero-order valence-corrected chi connectivity index (χ0v) is 15.0. The summed E-state index contributed by atoms with van der Waals surface area (Å²) in [4.78, 5) is 27.4. The smallest absolute Gasteiger partial charge is 0.240 e. The van der Waals surface area contributed by atoms with E-state index in [0.717, 1.165) is 25.2 Å². The second kappa shape index (κ2) is 8.05. The van der Waals surface area contributed by atoms with Crippen LogP contribution in [-0.4, -0.2) is 45.4 Å². The van der Waals surface area contributed by atoms with E-state index in [2.05, 4.69) is 49.4 Å². The molecular weight excluding hydrogens is 338 g/mol. The van der Waals surface area contributed by atoms with Gasteiger partial charge in [-0.1, -0.05) is 36.4 Å². The number of amides is 1. The van der Waals surface area contributed by atoms with Gasteiger partial charge in [-0.15, -0.1) is 0 Å². The van der Waals surface area contributed by atoms with Crippen LogP contribution in [0.25, 0.3) is 11.4 Å². The molecule has 1 fully saturated rings. The summed E-state index contributed by atoms with van der Waals surface area (Å²) < 4.78 is 0. The number of anilines is 1. The number of benzene rings is 1. The van der Waals surface area contributed by atoms with Gasteiger partial charge in [-0.2, -0.15) is 0 Å². The van der Waals surface area contributed by atoms with Crippen molar-refractivity contribution >= 4 is 11.9 Å². The van der Waals surface area contributed by atoms with Gasteiger partial charge in [-0.3, -0.25) is 20.0 Å². The number of nitrogens with zero attached hydrogens (tertiary/aromatic N) is 4. The van der Waals surface area contributed by atoms with Gasteiger partial charge in [-0.05, 0) is 42.6 Å². The Morgan fingerprint density at radius 3 is 2.67 bits per heavy atom. The summed E-state index contributed by atoms with van der Waals surface area (Å²) in [6.07, 6.45) is 4.42. The lowest BCUT2D eigenvalue weighted by Gasteiger charge is -2.15. The number of likely N-dealkylation sites (tertiary alicyclic amines) is 1. The summed E-state index contributed by atoms with van der Waals surface area (Å²) in [6.45, 7) is 2.16. The van der Waals surface area contributed by atoms with E-state index in [1.54, 1.807) is 18.5 Å². The number of pyridine rings is 1. The Morgan fingerprint density at radius 1 is 1.00 bits per heavy atom. The molecule has 0 bridgehead atoms. The van der Waals surface area contributed by atoms with Crippen LogP contribution in [0.5, 0.6) is 0 Å². The normalized spacial score (nSPS) is 17.0. The average Bonchev–Trinajstić information content (AvgIpc) is 3.18. The molecule has 4 rings (SSSR count). The highest BCUT2D eigenvalue weighted by Gasteiger charge is 2.25. The first kappa shape index (κ1) is 17.3. The third-order valence-corrected chi connectivity index (χ3v) is 4.74. The van der Waals surface area contributed by atoms with E-state index in [1.165, 1.54) is 5.56 Å². The average molecular weight is 359 g/mol. The number of aromatic nitrogens is 3. The number of carbonyl (C=O) groups excluding carboxylic acids is 1. The molecule has 1 N–H and O–H groups in total. The Balaban J connectivity index is 1.35. The molecule has 3 heterocycles. The molecule has 136 valence electrons. The zero-order chi connectivity index (χ0) is 18.5. The van der Waals surface area contributed by atoms with Crippen molar-refractivity contribution in [1.29, 1.82) is 0 Å². The van der Waals surface area contributed by atoms with Crippen molar-refractivity contribution in [3.63, 3.8) is 0 Å². The maximum Gasteiger partial charge on any atom is 0.240 e. The van der Waals surface area contributed by atoms with Crippen molar-refractivity contribution in [3.05, 3.63) is 72.6 Å². The quantitative estimate of drug-likeness (QED) is 0.758. The molecule has 0 saturated carbocycles. The number of hydrogen-bond donors (Lipinski definition) is 1. The van der Waals surface area contributed by atoms with Crippen LogP contribution in [0, 0.1) is 0 Å². The molecule has 27 heavy (non-hydrogen) atoms. The Bertz CT molecular complexity index is 901. The first-order valence-electron chi connectivity index (χ1n) is 9.09. The molecule has 0 radical (unpaired) electrons.